The summed E-state index contributed by atoms with van der Waals surface area (Å²) in [6.45, 7) is 2.19. The van der Waals surface area contributed by atoms with Crippen molar-refractivity contribution in [3.05, 3.63) is 48.0 Å². The smallest absolute Gasteiger partial charge is 0.872 e. The molecule has 0 radical (unpaired) electrons. The molecule has 0 unspecified atom stereocenters. The minimum atomic E-state index is -4.48. The van der Waals surface area contributed by atoms with Crippen LogP contribution in [-0.2, 0) is 16.5 Å². The molecule has 0 amide bonds. The van der Waals surface area contributed by atoms with Crippen LogP contribution in [0.2, 0.25) is 0 Å². The Morgan fingerprint density at radius 3 is 2.33 bits per heavy atom. The predicted molar refractivity (Wildman–Crippen MR) is 99.3 cm³/mol. The molecule has 0 fully saturated rings. The van der Waals surface area contributed by atoms with Crippen molar-refractivity contribution in [2.45, 2.75) is 56.8 Å². The minimum absolute atomic E-state index is 0. The van der Waals surface area contributed by atoms with Crippen molar-refractivity contribution >= 4 is 10.1 Å². The molecule has 0 aromatic heterocycles. The second kappa shape index (κ2) is 11.7. The fourth-order valence-corrected chi connectivity index (χ4v) is 3.40. The van der Waals surface area contributed by atoms with Crippen LogP contribution in [0, 0.1) is 0 Å². The van der Waals surface area contributed by atoms with Gasteiger partial charge in [0.25, 0.3) is 10.1 Å². The van der Waals surface area contributed by atoms with Gasteiger partial charge in [0.15, 0.2) is 0 Å². The van der Waals surface area contributed by atoms with Crippen LogP contribution in [0.4, 0.5) is 0 Å². The van der Waals surface area contributed by atoms with E-state index in [0.717, 1.165) is 43.0 Å². The molecule has 2 rings (SSSR count). The molecule has 5 nitrogen and oxygen atoms in total. The van der Waals surface area contributed by atoms with Gasteiger partial charge in [0.2, 0.25) is 0 Å². The Labute approximate surface area is 183 Å². The third kappa shape index (κ3) is 7.84. The van der Waals surface area contributed by atoms with Crippen LogP contribution in [0.1, 0.15) is 51.0 Å². The normalized spacial score (nSPS) is 11.0. The van der Waals surface area contributed by atoms with Gasteiger partial charge in [-0.05, 0) is 36.6 Å². The Morgan fingerprint density at radius 2 is 1.63 bits per heavy atom. The van der Waals surface area contributed by atoms with Crippen molar-refractivity contribution in [1.82, 2.24) is 0 Å². The van der Waals surface area contributed by atoms with Crippen molar-refractivity contribution in [3.63, 3.8) is 0 Å². The quantitative estimate of drug-likeness (QED) is 0.373. The van der Waals surface area contributed by atoms with E-state index < -0.39 is 15.0 Å². The first-order valence-corrected chi connectivity index (χ1v) is 10.4. The Morgan fingerprint density at radius 1 is 0.963 bits per heavy atom. The van der Waals surface area contributed by atoms with E-state index in [2.05, 4.69) is 6.92 Å². The first-order chi connectivity index (χ1) is 12.4. The zero-order chi connectivity index (χ0) is 19.0. The number of benzene rings is 2. The number of unbranched alkanes of at least 4 members (excludes halogenated alkanes) is 5. The van der Waals surface area contributed by atoms with Gasteiger partial charge >= 0.3 is 29.6 Å². The summed E-state index contributed by atoms with van der Waals surface area (Å²) < 4.78 is 38.1. The average Bonchev–Trinajstić information content (AvgIpc) is 2.58. The van der Waals surface area contributed by atoms with Gasteiger partial charge in [0.05, 0.1) is 0 Å². The fraction of sp³-hybridized carbons (Fsp3) is 0.400. The number of aryl methyl sites for hydroxylation is 1. The van der Waals surface area contributed by atoms with Crippen LogP contribution >= 0.6 is 0 Å². The zero-order valence-corrected chi connectivity index (χ0v) is 18.8. The number of hydrogen-bond acceptors (Lipinski definition) is 4. The van der Waals surface area contributed by atoms with E-state index in [1.54, 1.807) is 12.1 Å². The maximum Gasteiger partial charge on any atom is 1.00 e. The summed E-state index contributed by atoms with van der Waals surface area (Å²) in [4.78, 5) is -0.411. The van der Waals surface area contributed by atoms with Crippen LogP contribution in [-0.4, -0.2) is 13.0 Å². The molecule has 142 valence electrons. The Balaban J connectivity index is 0.00000364. The maximum atomic E-state index is 11.6. The fourth-order valence-electron chi connectivity index (χ4n) is 2.81. The predicted octanol–water partition coefficient (Wildman–Crippen LogP) is 1.71. The number of rotatable bonds is 10. The van der Waals surface area contributed by atoms with Gasteiger partial charge in [0.1, 0.15) is 16.4 Å². The molecule has 2 aromatic carbocycles. The first kappa shape index (κ1) is 24.0. The van der Waals surface area contributed by atoms with E-state index in [-0.39, 0.29) is 41.1 Å². The van der Waals surface area contributed by atoms with Crippen LogP contribution in [0.15, 0.2) is 47.4 Å². The van der Waals surface area contributed by atoms with E-state index in [1.807, 2.05) is 12.1 Å². The number of hydrogen-bond donors (Lipinski definition) is 1. The van der Waals surface area contributed by atoms with Gasteiger partial charge in [-0.1, -0.05) is 63.3 Å². The molecule has 0 aliphatic rings. The van der Waals surface area contributed by atoms with Crippen molar-refractivity contribution in [2.24, 2.45) is 0 Å². The molecule has 0 spiro atoms. The van der Waals surface area contributed by atoms with Gasteiger partial charge in [-0.2, -0.15) is 8.42 Å². The van der Waals surface area contributed by atoms with E-state index in [9.17, 15) is 18.1 Å². The van der Waals surface area contributed by atoms with E-state index in [4.69, 9.17) is 4.74 Å². The van der Waals surface area contributed by atoms with Crippen LogP contribution < -0.4 is 39.4 Å². The molecule has 0 heterocycles. The van der Waals surface area contributed by atoms with E-state index >= 15 is 0 Å². The molecule has 0 saturated carbocycles. The number of ether oxygens (including phenoxy) is 1. The summed E-state index contributed by atoms with van der Waals surface area (Å²) in [6, 6.07) is 10.6. The van der Waals surface area contributed by atoms with Gasteiger partial charge in [-0.25, -0.2) is 0 Å². The second-order valence-corrected chi connectivity index (χ2v) is 7.70. The molecule has 7 heteroatoms. The monoisotopic (exact) mass is 400 g/mol. The topological polar surface area (TPSA) is 86.7 Å². The SMILES string of the molecule is CCCCCCCCc1ccccc1Oc1cc([O-])ccc1S(=O)(=O)O.[Na+]. The maximum absolute atomic E-state index is 11.6. The van der Waals surface area contributed by atoms with Crippen LogP contribution in [0.5, 0.6) is 17.2 Å². The molecule has 27 heavy (non-hydrogen) atoms. The Kier molecular flexibility index (Phi) is 10.4. The molecule has 2 aromatic rings. The number of para-hydroxylation sites is 1. The third-order valence-corrected chi connectivity index (χ3v) is 5.08. The molecular formula is C20H25NaO5S. The molecular weight excluding hydrogens is 375 g/mol. The largest absolute Gasteiger partial charge is 1.00 e. The molecule has 1 N–H and O–H groups in total. The van der Waals surface area contributed by atoms with Gasteiger partial charge in [-0.3, -0.25) is 4.55 Å². The standard InChI is InChI=1S/C20H26O5S.Na/c1-2-3-4-5-6-7-10-16-11-8-9-12-18(16)25-19-15-17(21)13-14-20(19)26(22,23)24;/h8-9,11-15,21H,2-7,10H2,1H3,(H,22,23,24);/q;+1/p-1. The van der Waals surface area contributed by atoms with Crippen molar-refractivity contribution < 1.29 is 52.4 Å². The second-order valence-electron chi connectivity index (χ2n) is 6.31. The third-order valence-electron chi connectivity index (χ3n) is 4.19. The van der Waals surface area contributed by atoms with E-state index in [1.165, 1.54) is 25.7 Å². The van der Waals surface area contributed by atoms with Crippen LogP contribution in [0.25, 0.3) is 0 Å². The van der Waals surface area contributed by atoms with E-state index in [0.29, 0.717) is 5.75 Å². The summed E-state index contributed by atoms with van der Waals surface area (Å²) >= 11 is 0. The summed E-state index contributed by atoms with van der Waals surface area (Å²) in [5.41, 5.74) is 0.945. The zero-order valence-electron chi connectivity index (χ0n) is 16.0. The average molecular weight is 400 g/mol. The summed E-state index contributed by atoms with van der Waals surface area (Å²) in [7, 11) is -4.48. The van der Waals surface area contributed by atoms with Gasteiger partial charge < -0.3 is 9.84 Å². The molecule has 0 bridgehead atoms. The molecule has 0 aliphatic heterocycles. The Bertz CT molecular complexity index is 821. The molecule has 0 atom stereocenters. The molecule has 0 saturated heterocycles. The summed E-state index contributed by atoms with van der Waals surface area (Å²) in [5, 5.41) is 11.6. The van der Waals surface area contributed by atoms with Gasteiger partial charge in [0, 0.05) is 0 Å². The van der Waals surface area contributed by atoms with Crippen molar-refractivity contribution in [2.75, 3.05) is 0 Å². The summed E-state index contributed by atoms with van der Waals surface area (Å²) in [5.74, 6) is -0.0484. The first-order valence-electron chi connectivity index (χ1n) is 8.96. The van der Waals surface area contributed by atoms with Gasteiger partial charge in [-0.15, -0.1) is 5.75 Å². The molecule has 0 aliphatic carbocycles. The van der Waals surface area contributed by atoms with Crippen molar-refractivity contribution in [1.29, 1.82) is 0 Å². The van der Waals surface area contributed by atoms with Crippen LogP contribution in [0.3, 0.4) is 0 Å². The Hall–Kier alpha value is -1.05. The minimum Gasteiger partial charge on any atom is -0.872 e. The van der Waals surface area contributed by atoms with Crippen molar-refractivity contribution in [3.8, 4) is 17.2 Å². The summed E-state index contributed by atoms with van der Waals surface area (Å²) in [6.07, 6.45) is 7.85.